The van der Waals surface area contributed by atoms with Crippen molar-refractivity contribution in [1.29, 1.82) is 0 Å². The van der Waals surface area contributed by atoms with Crippen LogP contribution in [-0.4, -0.2) is 43.2 Å². The summed E-state index contributed by atoms with van der Waals surface area (Å²) in [5.74, 6) is 0.819. The first-order chi connectivity index (χ1) is 16.6. The van der Waals surface area contributed by atoms with Gasteiger partial charge in [-0.2, -0.15) is 0 Å². The van der Waals surface area contributed by atoms with Crippen LogP contribution in [0.25, 0.3) is 0 Å². The van der Waals surface area contributed by atoms with Crippen LogP contribution in [0.5, 0.6) is 5.75 Å². The van der Waals surface area contributed by atoms with Crippen LogP contribution in [0.1, 0.15) is 62.1 Å². The molecule has 1 aromatic carbocycles. The Kier molecular flexibility index (Phi) is 3.87. The number of rotatable bonds is 0. The SMILES string of the molecule is CC1=CC(=O)OC12c1cc3c4c(c1OC1C5=C6C(=CC12)CCCN6CCC5)CCCN4CCC3. The Hall–Kier alpha value is -2.69. The molecule has 1 fully saturated rings. The number of fused-ring (bicyclic) bond motifs is 6. The van der Waals surface area contributed by atoms with E-state index in [1.54, 1.807) is 6.08 Å². The number of carbonyl (C=O) groups excluding carboxylic acids is 1. The number of hydrogen-bond acceptors (Lipinski definition) is 5. The molecule has 1 aliphatic carbocycles. The quantitative estimate of drug-likeness (QED) is 0.536. The fourth-order valence-electron chi connectivity index (χ4n) is 8.24. The largest absolute Gasteiger partial charge is 0.484 e. The molecule has 0 saturated carbocycles. The molecule has 0 amide bonds. The smallest absolute Gasteiger partial charge is 0.332 e. The number of esters is 1. The predicted molar refractivity (Wildman–Crippen MR) is 130 cm³/mol. The highest BCUT2D eigenvalue weighted by molar-refractivity contribution is 5.88. The summed E-state index contributed by atoms with van der Waals surface area (Å²) in [7, 11) is 0. The van der Waals surface area contributed by atoms with Gasteiger partial charge in [0.15, 0.2) is 5.60 Å². The molecule has 0 N–H and O–H groups in total. The lowest BCUT2D eigenvalue weighted by Gasteiger charge is -2.52. The van der Waals surface area contributed by atoms with E-state index in [2.05, 4.69) is 28.9 Å². The van der Waals surface area contributed by atoms with Crippen molar-refractivity contribution in [1.82, 2.24) is 4.90 Å². The Morgan fingerprint density at radius 3 is 2.56 bits per heavy atom. The summed E-state index contributed by atoms with van der Waals surface area (Å²) in [6.45, 7) is 6.68. The van der Waals surface area contributed by atoms with Gasteiger partial charge in [0.1, 0.15) is 11.9 Å². The third kappa shape index (κ3) is 2.33. The van der Waals surface area contributed by atoms with Crippen molar-refractivity contribution in [2.45, 2.75) is 70.0 Å². The number of ether oxygens (including phenoxy) is 2. The molecule has 3 atom stereocenters. The Balaban J connectivity index is 1.41. The first kappa shape index (κ1) is 19.6. The maximum absolute atomic E-state index is 12.8. The molecule has 1 spiro atoms. The number of benzene rings is 1. The van der Waals surface area contributed by atoms with Crippen LogP contribution in [0.3, 0.4) is 0 Å². The summed E-state index contributed by atoms with van der Waals surface area (Å²) < 4.78 is 13.6. The molecule has 0 aromatic heterocycles. The van der Waals surface area contributed by atoms with Crippen molar-refractivity contribution < 1.29 is 14.3 Å². The third-order valence-electron chi connectivity index (χ3n) is 9.49. The summed E-state index contributed by atoms with van der Waals surface area (Å²) in [5, 5.41) is 0. The van der Waals surface area contributed by atoms with Crippen LogP contribution >= 0.6 is 0 Å². The minimum Gasteiger partial charge on any atom is -0.484 e. The van der Waals surface area contributed by atoms with E-state index in [1.807, 2.05) is 0 Å². The molecule has 0 radical (unpaired) electrons. The van der Waals surface area contributed by atoms with Crippen LogP contribution in [0.4, 0.5) is 5.69 Å². The van der Waals surface area contributed by atoms with E-state index in [4.69, 9.17) is 9.47 Å². The lowest BCUT2D eigenvalue weighted by atomic mass is 9.65. The number of anilines is 1. The molecule has 6 aliphatic heterocycles. The second kappa shape index (κ2) is 6.71. The maximum atomic E-state index is 12.8. The third-order valence-corrected chi connectivity index (χ3v) is 9.49. The van der Waals surface area contributed by atoms with Crippen LogP contribution in [0.15, 0.2) is 40.6 Å². The number of hydrogen-bond donors (Lipinski definition) is 0. The number of carbonyl (C=O) groups is 1. The van der Waals surface area contributed by atoms with Crippen molar-refractivity contribution >= 4 is 11.7 Å². The highest BCUT2D eigenvalue weighted by atomic mass is 16.6. The van der Waals surface area contributed by atoms with Gasteiger partial charge in [0.05, 0.1) is 5.92 Å². The van der Waals surface area contributed by atoms with Gasteiger partial charge in [-0.1, -0.05) is 6.08 Å². The molecule has 34 heavy (non-hydrogen) atoms. The van der Waals surface area contributed by atoms with E-state index < -0.39 is 5.60 Å². The van der Waals surface area contributed by atoms with E-state index in [9.17, 15) is 4.79 Å². The van der Waals surface area contributed by atoms with Gasteiger partial charge < -0.3 is 19.3 Å². The highest BCUT2D eigenvalue weighted by Gasteiger charge is 2.59. The van der Waals surface area contributed by atoms with Crippen LogP contribution in [0.2, 0.25) is 0 Å². The summed E-state index contributed by atoms with van der Waals surface area (Å²) in [4.78, 5) is 18.0. The van der Waals surface area contributed by atoms with Crippen molar-refractivity contribution in [2.24, 2.45) is 5.92 Å². The predicted octanol–water partition coefficient (Wildman–Crippen LogP) is 4.54. The zero-order chi connectivity index (χ0) is 22.6. The van der Waals surface area contributed by atoms with Gasteiger partial charge in [-0.25, -0.2) is 4.79 Å². The average molecular weight is 457 g/mol. The Morgan fingerprint density at radius 2 is 1.74 bits per heavy atom. The van der Waals surface area contributed by atoms with Crippen molar-refractivity contribution in [3.05, 3.63) is 57.3 Å². The van der Waals surface area contributed by atoms with E-state index in [0.717, 1.165) is 75.2 Å². The summed E-state index contributed by atoms with van der Waals surface area (Å²) >= 11 is 0. The lowest BCUT2D eigenvalue weighted by Crippen LogP contribution is -2.53. The zero-order valence-electron chi connectivity index (χ0n) is 20.0. The van der Waals surface area contributed by atoms with Gasteiger partial charge in [0.25, 0.3) is 0 Å². The molecule has 7 aliphatic rings. The molecule has 176 valence electrons. The number of piperidine rings is 1. The monoisotopic (exact) mass is 456 g/mol. The van der Waals surface area contributed by atoms with Gasteiger partial charge in [-0.3, -0.25) is 0 Å². The zero-order valence-corrected chi connectivity index (χ0v) is 20.0. The normalized spacial score (nSPS) is 32.8. The van der Waals surface area contributed by atoms with E-state index >= 15 is 0 Å². The van der Waals surface area contributed by atoms with Gasteiger partial charge in [0, 0.05) is 54.8 Å². The molecule has 1 saturated heterocycles. The molecular formula is C29H32N2O3. The van der Waals surface area contributed by atoms with Gasteiger partial charge in [-0.15, -0.1) is 0 Å². The van der Waals surface area contributed by atoms with Crippen LogP contribution in [-0.2, 0) is 28.0 Å². The molecule has 8 rings (SSSR count). The fourth-order valence-corrected chi connectivity index (χ4v) is 8.24. The molecule has 6 heterocycles. The first-order valence-electron chi connectivity index (χ1n) is 13.4. The molecule has 0 bridgehead atoms. The van der Waals surface area contributed by atoms with E-state index in [1.165, 1.54) is 52.9 Å². The number of allylic oxidation sites excluding steroid dienone is 1. The Labute approximate surface area is 201 Å². The fraction of sp³-hybridized carbons (Fsp3) is 0.552. The van der Waals surface area contributed by atoms with Crippen molar-refractivity contribution in [3.63, 3.8) is 0 Å². The van der Waals surface area contributed by atoms with E-state index in [-0.39, 0.29) is 18.0 Å². The topological polar surface area (TPSA) is 42.0 Å². The highest BCUT2D eigenvalue weighted by Crippen LogP contribution is 2.60. The minimum atomic E-state index is -0.744. The van der Waals surface area contributed by atoms with Gasteiger partial charge in [-0.05, 0) is 86.6 Å². The average Bonchev–Trinajstić information content (AvgIpc) is 3.15. The standard InChI is InChI=1S/C29H32N2O3/c1-17-14-24(32)34-29(17)22-15-18-6-2-10-30-12-4-8-20(25(18)30)27(22)33-28-21-9-5-13-31-11-3-7-19(26(21)31)16-23(28)29/h14-16,22,27H,2-13H2,1H3. The summed E-state index contributed by atoms with van der Waals surface area (Å²) in [6, 6.07) is 2.36. The second-order valence-corrected chi connectivity index (χ2v) is 11.2. The van der Waals surface area contributed by atoms with Gasteiger partial charge >= 0.3 is 5.97 Å². The Morgan fingerprint density at radius 1 is 0.971 bits per heavy atom. The lowest BCUT2D eigenvalue weighted by molar-refractivity contribution is -0.155. The van der Waals surface area contributed by atoms with E-state index in [0.29, 0.717) is 0 Å². The molecule has 1 aromatic rings. The summed E-state index contributed by atoms with van der Waals surface area (Å²) in [6.07, 6.45) is 13.2. The minimum absolute atomic E-state index is 0.00281. The van der Waals surface area contributed by atoms with Crippen molar-refractivity contribution in [3.8, 4) is 5.75 Å². The molecule has 3 unspecified atom stereocenters. The maximum Gasteiger partial charge on any atom is 0.332 e. The number of aryl methyl sites for hydroxylation is 1. The number of nitrogens with zero attached hydrogens (tertiary/aromatic N) is 2. The Bertz CT molecular complexity index is 1240. The molecule has 5 nitrogen and oxygen atoms in total. The van der Waals surface area contributed by atoms with Crippen LogP contribution < -0.4 is 9.64 Å². The first-order valence-corrected chi connectivity index (χ1v) is 13.4. The molecule has 5 heteroatoms. The second-order valence-electron chi connectivity index (χ2n) is 11.2. The van der Waals surface area contributed by atoms with Crippen molar-refractivity contribution in [2.75, 3.05) is 31.1 Å². The van der Waals surface area contributed by atoms with Gasteiger partial charge in [0.2, 0.25) is 0 Å². The summed E-state index contributed by atoms with van der Waals surface area (Å²) in [5.41, 5.74) is 9.96. The van der Waals surface area contributed by atoms with Crippen LogP contribution in [0, 0.1) is 5.92 Å². The molecular weight excluding hydrogens is 424 g/mol.